The van der Waals surface area contributed by atoms with Gasteiger partial charge in [-0.15, -0.1) is 0 Å². The Morgan fingerprint density at radius 1 is 1.42 bits per heavy atom. The Hall–Kier alpha value is -1.26. The molecule has 2 unspecified atom stereocenters. The first-order valence-electron chi connectivity index (χ1n) is 7.16. The molecule has 0 aromatic rings. The maximum absolute atomic E-state index is 12.0. The fourth-order valence-electron chi connectivity index (χ4n) is 2.72. The summed E-state index contributed by atoms with van der Waals surface area (Å²) >= 11 is 0. The van der Waals surface area contributed by atoms with Gasteiger partial charge in [-0.25, -0.2) is 4.79 Å². The number of carboxylic acids is 1. The summed E-state index contributed by atoms with van der Waals surface area (Å²) in [5, 5.41) is 11.8. The van der Waals surface area contributed by atoms with Crippen LogP contribution in [-0.4, -0.2) is 41.1 Å². The van der Waals surface area contributed by atoms with Gasteiger partial charge in [-0.3, -0.25) is 4.79 Å². The number of likely N-dealkylation sites (tertiary alicyclic amines) is 1. The number of nitrogens with zero attached hydrogens (tertiary/aromatic N) is 1. The summed E-state index contributed by atoms with van der Waals surface area (Å²) in [6.45, 7) is 7.45. The van der Waals surface area contributed by atoms with Crippen LogP contribution in [0.2, 0.25) is 0 Å². The zero-order chi connectivity index (χ0) is 14.4. The molecule has 5 nitrogen and oxygen atoms in total. The smallest absolute Gasteiger partial charge is 0.317 e. The number of aliphatic carboxylic acids is 1. The van der Waals surface area contributed by atoms with E-state index in [-0.39, 0.29) is 18.4 Å². The van der Waals surface area contributed by atoms with Gasteiger partial charge in [0.1, 0.15) is 0 Å². The second-order valence-corrected chi connectivity index (χ2v) is 5.96. The molecule has 2 atom stereocenters. The van der Waals surface area contributed by atoms with E-state index in [0.29, 0.717) is 18.5 Å². The molecule has 0 bridgehead atoms. The molecule has 0 aromatic carbocycles. The number of amides is 2. The van der Waals surface area contributed by atoms with Gasteiger partial charge in [-0.1, -0.05) is 13.8 Å². The zero-order valence-electron chi connectivity index (χ0n) is 12.2. The summed E-state index contributed by atoms with van der Waals surface area (Å²) in [5.74, 6) is -0.347. The van der Waals surface area contributed by atoms with Crippen molar-refractivity contribution in [1.82, 2.24) is 10.2 Å². The predicted molar refractivity (Wildman–Crippen MR) is 74.0 cm³/mol. The molecule has 1 aliphatic heterocycles. The minimum Gasteiger partial charge on any atom is -0.481 e. The molecular weight excluding hydrogens is 244 g/mol. The van der Waals surface area contributed by atoms with Crippen LogP contribution in [0.1, 0.15) is 46.5 Å². The van der Waals surface area contributed by atoms with Crippen molar-refractivity contribution >= 4 is 12.0 Å². The van der Waals surface area contributed by atoms with Crippen LogP contribution >= 0.6 is 0 Å². The molecule has 0 radical (unpaired) electrons. The third-order valence-electron chi connectivity index (χ3n) is 3.62. The van der Waals surface area contributed by atoms with Crippen molar-refractivity contribution in [3.8, 4) is 0 Å². The van der Waals surface area contributed by atoms with Crippen molar-refractivity contribution in [3.63, 3.8) is 0 Å². The van der Waals surface area contributed by atoms with Crippen molar-refractivity contribution in [3.05, 3.63) is 0 Å². The van der Waals surface area contributed by atoms with Crippen molar-refractivity contribution < 1.29 is 14.7 Å². The Bertz CT molecular complexity index is 318. The van der Waals surface area contributed by atoms with E-state index in [9.17, 15) is 9.59 Å². The molecule has 2 amide bonds. The lowest BCUT2D eigenvalue weighted by molar-refractivity contribution is -0.138. The average molecular weight is 270 g/mol. The third kappa shape index (κ3) is 5.49. The minimum atomic E-state index is -0.797. The number of rotatable bonds is 6. The highest BCUT2D eigenvalue weighted by molar-refractivity contribution is 5.75. The molecule has 1 fully saturated rings. The number of carbonyl (C=O) groups excluding carboxylic acids is 1. The second-order valence-electron chi connectivity index (χ2n) is 5.96. The Balaban J connectivity index is 2.41. The fraction of sp³-hybridized carbons (Fsp3) is 0.857. The molecule has 19 heavy (non-hydrogen) atoms. The first kappa shape index (κ1) is 15.8. The van der Waals surface area contributed by atoms with E-state index < -0.39 is 5.97 Å². The van der Waals surface area contributed by atoms with Crippen molar-refractivity contribution in [2.24, 2.45) is 11.8 Å². The molecule has 1 aliphatic rings. The number of urea groups is 1. The standard InChI is InChI=1S/C14H26N2O3/c1-10(2)7-12(8-13(17)18)9-15-14(19)16-6-4-5-11(16)3/h10-12H,4-9H2,1-3H3,(H,15,19)(H,17,18). The van der Waals surface area contributed by atoms with E-state index in [1.54, 1.807) is 0 Å². The Morgan fingerprint density at radius 3 is 2.58 bits per heavy atom. The maximum Gasteiger partial charge on any atom is 0.317 e. The van der Waals surface area contributed by atoms with Gasteiger partial charge in [-0.2, -0.15) is 0 Å². The van der Waals surface area contributed by atoms with Crippen molar-refractivity contribution in [2.45, 2.75) is 52.5 Å². The number of carbonyl (C=O) groups is 2. The Labute approximate surface area is 115 Å². The van der Waals surface area contributed by atoms with E-state index in [0.717, 1.165) is 25.8 Å². The first-order chi connectivity index (χ1) is 8.90. The number of nitrogens with one attached hydrogen (secondary N) is 1. The van der Waals surface area contributed by atoms with Crippen LogP contribution in [0.5, 0.6) is 0 Å². The van der Waals surface area contributed by atoms with Gasteiger partial charge < -0.3 is 15.3 Å². The zero-order valence-corrected chi connectivity index (χ0v) is 12.2. The topological polar surface area (TPSA) is 69.6 Å². The monoisotopic (exact) mass is 270 g/mol. The third-order valence-corrected chi connectivity index (χ3v) is 3.62. The summed E-state index contributed by atoms with van der Waals surface area (Å²) in [5.41, 5.74) is 0. The Kier molecular flexibility index (Phi) is 6.12. The van der Waals surface area contributed by atoms with Gasteiger partial charge in [-0.05, 0) is 38.0 Å². The van der Waals surface area contributed by atoms with E-state index in [1.807, 2.05) is 4.90 Å². The normalized spacial score (nSPS) is 20.6. The molecule has 5 heteroatoms. The number of carboxylic acid groups (broad SMARTS) is 1. The van der Waals surface area contributed by atoms with E-state index in [1.165, 1.54) is 0 Å². The molecule has 1 rings (SSSR count). The highest BCUT2D eigenvalue weighted by Crippen LogP contribution is 2.17. The lowest BCUT2D eigenvalue weighted by atomic mass is 9.94. The Morgan fingerprint density at radius 2 is 2.11 bits per heavy atom. The summed E-state index contributed by atoms with van der Waals surface area (Å²) in [6, 6.07) is 0.243. The quantitative estimate of drug-likeness (QED) is 0.778. The minimum absolute atomic E-state index is 0.0133. The van der Waals surface area contributed by atoms with Crippen LogP contribution < -0.4 is 5.32 Å². The van der Waals surface area contributed by atoms with Crippen LogP contribution in [0.4, 0.5) is 4.79 Å². The van der Waals surface area contributed by atoms with Crippen LogP contribution in [0.25, 0.3) is 0 Å². The van der Waals surface area contributed by atoms with Crippen LogP contribution in [-0.2, 0) is 4.79 Å². The average Bonchev–Trinajstić information content (AvgIpc) is 2.70. The van der Waals surface area contributed by atoms with Gasteiger partial charge in [0.05, 0.1) is 0 Å². The lowest BCUT2D eigenvalue weighted by Gasteiger charge is -2.24. The SMILES string of the molecule is CC(C)CC(CNC(=O)N1CCCC1C)CC(=O)O. The van der Waals surface area contributed by atoms with Gasteiger partial charge in [0.25, 0.3) is 0 Å². The fourth-order valence-corrected chi connectivity index (χ4v) is 2.72. The molecule has 110 valence electrons. The first-order valence-corrected chi connectivity index (χ1v) is 7.16. The van der Waals surface area contributed by atoms with E-state index in [2.05, 4.69) is 26.1 Å². The van der Waals surface area contributed by atoms with Gasteiger partial charge >= 0.3 is 12.0 Å². The van der Waals surface area contributed by atoms with Gasteiger partial charge in [0.2, 0.25) is 0 Å². The van der Waals surface area contributed by atoms with Crippen LogP contribution in [0, 0.1) is 11.8 Å². The highest BCUT2D eigenvalue weighted by atomic mass is 16.4. The van der Waals surface area contributed by atoms with Crippen LogP contribution in [0.15, 0.2) is 0 Å². The summed E-state index contributed by atoms with van der Waals surface area (Å²) < 4.78 is 0. The summed E-state index contributed by atoms with van der Waals surface area (Å²) in [4.78, 5) is 24.7. The molecule has 1 saturated heterocycles. The molecule has 2 N–H and O–H groups in total. The summed E-state index contributed by atoms with van der Waals surface area (Å²) in [6.07, 6.45) is 3.05. The number of hydrogen-bond donors (Lipinski definition) is 2. The number of hydrogen-bond acceptors (Lipinski definition) is 2. The molecule has 0 aromatic heterocycles. The van der Waals surface area contributed by atoms with Gasteiger partial charge in [0, 0.05) is 25.6 Å². The molecular formula is C14H26N2O3. The highest BCUT2D eigenvalue weighted by Gasteiger charge is 2.25. The summed E-state index contributed by atoms with van der Waals surface area (Å²) in [7, 11) is 0. The van der Waals surface area contributed by atoms with E-state index in [4.69, 9.17) is 5.11 Å². The predicted octanol–water partition coefficient (Wildman–Crippen LogP) is 2.32. The second kappa shape index (κ2) is 7.36. The van der Waals surface area contributed by atoms with Crippen molar-refractivity contribution in [1.29, 1.82) is 0 Å². The maximum atomic E-state index is 12.0. The molecule has 1 heterocycles. The largest absolute Gasteiger partial charge is 0.481 e. The lowest BCUT2D eigenvalue weighted by Crippen LogP contribution is -2.43. The molecule has 0 saturated carbocycles. The van der Waals surface area contributed by atoms with E-state index >= 15 is 0 Å². The molecule has 0 spiro atoms. The van der Waals surface area contributed by atoms with Crippen LogP contribution in [0.3, 0.4) is 0 Å². The molecule has 0 aliphatic carbocycles. The van der Waals surface area contributed by atoms with Crippen molar-refractivity contribution in [2.75, 3.05) is 13.1 Å². The van der Waals surface area contributed by atoms with Gasteiger partial charge in [0.15, 0.2) is 0 Å².